The molecule has 0 saturated carbocycles. The highest BCUT2D eigenvalue weighted by Crippen LogP contribution is 2.35. The lowest BCUT2D eigenvalue weighted by Crippen LogP contribution is -2.18. The van der Waals surface area contributed by atoms with E-state index in [0.717, 1.165) is 39.2 Å². The quantitative estimate of drug-likeness (QED) is 0.577. The van der Waals surface area contributed by atoms with Crippen molar-refractivity contribution in [1.29, 1.82) is 0 Å². The molecule has 1 heterocycles. The molecule has 0 bridgehead atoms. The van der Waals surface area contributed by atoms with Crippen molar-refractivity contribution in [2.75, 3.05) is 19.8 Å². The highest BCUT2D eigenvalue weighted by Gasteiger charge is 2.14. The first-order valence-electron chi connectivity index (χ1n) is 8.82. The second-order valence-corrected chi connectivity index (χ2v) is 7.89. The van der Waals surface area contributed by atoms with Crippen molar-refractivity contribution >= 4 is 31.9 Å². The maximum absolute atomic E-state index is 5.79. The highest BCUT2D eigenvalue weighted by molar-refractivity contribution is 9.11. The monoisotopic (exact) mass is 483 g/mol. The van der Waals surface area contributed by atoms with Crippen LogP contribution in [0.1, 0.15) is 37.4 Å². The molecule has 0 amide bonds. The Hall–Kier alpha value is -1.24. The normalized spacial score (nSPS) is 14.6. The van der Waals surface area contributed by atoms with Crippen molar-refractivity contribution in [2.45, 2.75) is 32.9 Å². The molecule has 26 heavy (non-hydrogen) atoms. The van der Waals surface area contributed by atoms with Crippen LogP contribution in [-0.4, -0.2) is 19.8 Å². The standard InChI is InChI=1S/C20H23Br2NO3/c1-3-24-20-16(21)9-14(10-17(20)22)12-23-13(2)15-5-6-18-19(11-15)26-8-4-7-25-18/h5-6,9-11,13,23H,3-4,7-8,12H2,1-2H3. The van der Waals surface area contributed by atoms with E-state index in [0.29, 0.717) is 19.8 Å². The summed E-state index contributed by atoms with van der Waals surface area (Å²) in [6, 6.07) is 10.5. The summed E-state index contributed by atoms with van der Waals surface area (Å²) in [4.78, 5) is 0. The van der Waals surface area contributed by atoms with Crippen LogP contribution in [0, 0.1) is 0 Å². The Morgan fingerprint density at radius 3 is 2.46 bits per heavy atom. The van der Waals surface area contributed by atoms with Gasteiger partial charge in [0.15, 0.2) is 11.5 Å². The maximum atomic E-state index is 5.79. The predicted octanol–water partition coefficient (Wildman–Crippen LogP) is 5.62. The maximum Gasteiger partial charge on any atom is 0.161 e. The van der Waals surface area contributed by atoms with E-state index in [1.54, 1.807) is 0 Å². The van der Waals surface area contributed by atoms with Gasteiger partial charge in [0.05, 0.1) is 28.8 Å². The Labute approximate surface area is 171 Å². The molecule has 0 radical (unpaired) electrons. The molecule has 6 heteroatoms. The van der Waals surface area contributed by atoms with Crippen molar-refractivity contribution in [3.63, 3.8) is 0 Å². The zero-order valence-electron chi connectivity index (χ0n) is 15.0. The van der Waals surface area contributed by atoms with Gasteiger partial charge in [0.1, 0.15) is 5.75 Å². The highest BCUT2D eigenvalue weighted by atomic mass is 79.9. The zero-order valence-corrected chi connectivity index (χ0v) is 18.2. The molecular weight excluding hydrogens is 462 g/mol. The molecular formula is C20H23Br2NO3. The SMILES string of the molecule is CCOc1c(Br)cc(CNC(C)c2ccc3c(c2)OCCCO3)cc1Br. The summed E-state index contributed by atoms with van der Waals surface area (Å²) in [6.07, 6.45) is 0.916. The summed E-state index contributed by atoms with van der Waals surface area (Å²) in [5, 5.41) is 3.56. The first-order valence-corrected chi connectivity index (χ1v) is 10.4. The summed E-state index contributed by atoms with van der Waals surface area (Å²) in [5.41, 5.74) is 2.35. The summed E-state index contributed by atoms with van der Waals surface area (Å²) in [6.45, 7) is 6.92. The van der Waals surface area contributed by atoms with Gasteiger partial charge >= 0.3 is 0 Å². The van der Waals surface area contributed by atoms with E-state index in [9.17, 15) is 0 Å². The molecule has 1 unspecified atom stereocenters. The molecule has 3 rings (SSSR count). The molecule has 1 atom stereocenters. The van der Waals surface area contributed by atoms with E-state index in [1.807, 2.05) is 13.0 Å². The minimum atomic E-state index is 0.191. The third-order valence-electron chi connectivity index (χ3n) is 4.23. The lowest BCUT2D eigenvalue weighted by molar-refractivity contribution is 0.297. The third kappa shape index (κ3) is 4.72. The van der Waals surface area contributed by atoms with E-state index < -0.39 is 0 Å². The molecule has 0 spiro atoms. The van der Waals surface area contributed by atoms with Crippen LogP contribution in [0.4, 0.5) is 0 Å². The third-order valence-corrected chi connectivity index (χ3v) is 5.41. The van der Waals surface area contributed by atoms with Crippen LogP contribution in [0.2, 0.25) is 0 Å². The van der Waals surface area contributed by atoms with E-state index in [2.05, 4.69) is 68.4 Å². The van der Waals surface area contributed by atoms with Gasteiger partial charge in [-0.05, 0) is 81.1 Å². The van der Waals surface area contributed by atoms with Gasteiger partial charge in [0.2, 0.25) is 0 Å². The molecule has 0 saturated heterocycles. The average molecular weight is 485 g/mol. The van der Waals surface area contributed by atoms with E-state index in [1.165, 1.54) is 11.1 Å². The summed E-state index contributed by atoms with van der Waals surface area (Å²) in [7, 11) is 0. The van der Waals surface area contributed by atoms with Crippen molar-refractivity contribution < 1.29 is 14.2 Å². The number of benzene rings is 2. The van der Waals surface area contributed by atoms with Crippen LogP contribution in [0.5, 0.6) is 17.2 Å². The van der Waals surface area contributed by atoms with E-state index >= 15 is 0 Å². The van der Waals surface area contributed by atoms with Gasteiger partial charge in [-0.2, -0.15) is 0 Å². The fraction of sp³-hybridized carbons (Fsp3) is 0.400. The lowest BCUT2D eigenvalue weighted by atomic mass is 10.1. The molecule has 0 fully saturated rings. The number of hydrogen-bond donors (Lipinski definition) is 1. The van der Waals surface area contributed by atoms with E-state index in [-0.39, 0.29) is 6.04 Å². The van der Waals surface area contributed by atoms with Crippen LogP contribution in [0.15, 0.2) is 39.3 Å². The molecule has 1 N–H and O–H groups in total. The van der Waals surface area contributed by atoms with Crippen molar-refractivity contribution in [2.24, 2.45) is 0 Å². The van der Waals surface area contributed by atoms with Gasteiger partial charge in [-0.1, -0.05) is 6.07 Å². The van der Waals surface area contributed by atoms with Gasteiger partial charge in [-0.25, -0.2) is 0 Å². The van der Waals surface area contributed by atoms with Gasteiger partial charge in [-0.15, -0.1) is 0 Å². The molecule has 2 aromatic carbocycles. The average Bonchev–Trinajstić information content (AvgIpc) is 2.87. The molecule has 1 aliphatic heterocycles. The van der Waals surface area contributed by atoms with Gasteiger partial charge in [-0.3, -0.25) is 0 Å². The first kappa shape index (κ1) is 19.5. The fourth-order valence-electron chi connectivity index (χ4n) is 2.83. The number of hydrogen-bond acceptors (Lipinski definition) is 4. The van der Waals surface area contributed by atoms with Crippen molar-refractivity contribution in [3.8, 4) is 17.2 Å². The van der Waals surface area contributed by atoms with Gasteiger partial charge in [0, 0.05) is 19.0 Å². The Morgan fingerprint density at radius 1 is 1.08 bits per heavy atom. The van der Waals surface area contributed by atoms with Crippen LogP contribution in [0.3, 0.4) is 0 Å². The topological polar surface area (TPSA) is 39.7 Å². The minimum absolute atomic E-state index is 0.191. The van der Waals surface area contributed by atoms with Crippen LogP contribution >= 0.6 is 31.9 Å². The van der Waals surface area contributed by atoms with Crippen LogP contribution in [-0.2, 0) is 6.54 Å². The van der Waals surface area contributed by atoms with Gasteiger partial charge < -0.3 is 19.5 Å². The number of fused-ring (bicyclic) bond motifs is 1. The zero-order chi connectivity index (χ0) is 18.5. The molecule has 2 aromatic rings. The number of ether oxygens (including phenoxy) is 3. The Kier molecular flexibility index (Phi) is 6.84. The minimum Gasteiger partial charge on any atom is -0.492 e. The van der Waals surface area contributed by atoms with Crippen LogP contribution < -0.4 is 19.5 Å². The summed E-state index contributed by atoms with van der Waals surface area (Å²) >= 11 is 7.17. The predicted molar refractivity (Wildman–Crippen MR) is 110 cm³/mol. The Bertz CT molecular complexity index is 744. The summed E-state index contributed by atoms with van der Waals surface area (Å²) in [5.74, 6) is 2.50. The first-order chi connectivity index (χ1) is 12.6. The molecule has 4 nitrogen and oxygen atoms in total. The smallest absolute Gasteiger partial charge is 0.161 e. The molecule has 140 valence electrons. The van der Waals surface area contributed by atoms with Crippen molar-refractivity contribution in [1.82, 2.24) is 5.32 Å². The largest absolute Gasteiger partial charge is 0.492 e. The summed E-state index contributed by atoms with van der Waals surface area (Å²) < 4.78 is 19.0. The second kappa shape index (κ2) is 9.11. The lowest BCUT2D eigenvalue weighted by Gasteiger charge is -2.17. The second-order valence-electron chi connectivity index (χ2n) is 6.18. The fourth-order valence-corrected chi connectivity index (χ4v) is 4.34. The van der Waals surface area contributed by atoms with E-state index in [4.69, 9.17) is 14.2 Å². The molecule has 0 aliphatic carbocycles. The van der Waals surface area contributed by atoms with Crippen molar-refractivity contribution in [3.05, 3.63) is 50.4 Å². The number of rotatable bonds is 6. The van der Waals surface area contributed by atoms with Gasteiger partial charge in [0.25, 0.3) is 0 Å². The Morgan fingerprint density at radius 2 is 1.77 bits per heavy atom. The number of halogens is 2. The van der Waals surface area contributed by atoms with Crippen LogP contribution in [0.25, 0.3) is 0 Å². The number of nitrogens with one attached hydrogen (secondary N) is 1. The Balaban J connectivity index is 1.67. The molecule has 0 aromatic heterocycles. The molecule has 1 aliphatic rings.